The van der Waals surface area contributed by atoms with Crippen LogP contribution in [-0.4, -0.2) is 36.0 Å². The van der Waals surface area contributed by atoms with Gasteiger partial charge in [0.25, 0.3) is 5.91 Å². The number of aromatic hydroxyl groups is 1. The highest BCUT2D eigenvalue weighted by Gasteiger charge is 2.18. The van der Waals surface area contributed by atoms with Crippen molar-refractivity contribution in [2.75, 3.05) is 18.5 Å². The van der Waals surface area contributed by atoms with E-state index >= 15 is 0 Å². The maximum absolute atomic E-state index is 12.3. The van der Waals surface area contributed by atoms with Crippen molar-refractivity contribution in [2.45, 2.75) is 33.6 Å². The van der Waals surface area contributed by atoms with Gasteiger partial charge >= 0.3 is 11.9 Å². The summed E-state index contributed by atoms with van der Waals surface area (Å²) in [6.45, 7) is 5.91. The fourth-order valence-corrected chi connectivity index (χ4v) is 2.97. The summed E-state index contributed by atoms with van der Waals surface area (Å²) in [6.07, 6.45) is 1.76. The van der Waals surface area contributed by atoms with Crippen LogP contribution in [0.5, 0.6) is 17.2 Å². The SMILES string of the molecule is CCCCNC(=O)c1cc(Oc2c(C)cc(NC(=O)C(=O)OCC)cc2Cl)ccc1O. The van der Waals surface area contributed by atoms with Gasteiger partial charge in [-0.05, 0) is 56.2 Å². The van der Waals surface area contributed by atoms with Crippen LogP contribution in [0.15, 0.2) is 30.3 Å². The van der Waals surface area contributed by atoms with Gasteiger partial charge in [-0.3, -0.25) is 9.59 Å². The number of unbranched alkanes of at least 4 members (excludes halogenated alkanes) is 1. The van der Waals surface area contributed by atoms with E-state index in [1.54, 1.807) is 19.9 Å². The second-order valence-electron chi connectivity index (χ2n) is 6.67. The smallest absolute Gasteiger partial charge is 0.397 e. The molecule has 166 valence electrons. The molecule has 2 amide bonds. The molecule has 9 heteroatoms. The number of carbonyl (C=O) groups is 3. The summed E-state index contributed by atoms with van der Waals surface area (Å²) in [6, 6.07) is 7.30. The molecule has 8 nitrogen and oxygen atoms in total. The molecule has 3 N–H and O–H groups in total. The Morgan fingerprint density at radius 1 is 1.13 bits per heavy atom. The fraction of sp³-hybridized carbons (Fsp3) is 0.318. The number of hydrogen-bond donors (Lipinski definition) is 3. The number of benzene rings is 2. The quantitative estimate of drug-likeness (QED) is 0.317. The number of nitrogens with one attached hydrogen (secondary N) is 2. The van der Waals surface area contributed by atoms with E-state index in [1.165, 1.54) is 24.3 Å². The summed E-state index contributed by atoms with van der Waals surface area (Å²) in [5, 5.41) is 15.4. The molecule has 0 atom stereocenters. The first-order chi connectivity index (χ1) is 14.8. The Morgan fingerprint density at radius 2 is 1.87 bits per heavy atom. The Morgan fingerprint density at radius 3 is 2.52 bits per heavy atom. The number of aryl methyl sites for hydroxylation is 1. The van der Waals surface area contributed by atoms with Crippen molar-refractivity contribution in [3.05, 3.63) is 46.5 Å². The van der Waals surface area contributed by atoms with Crippen molar-refractivity contribution in [1.29, 1.82) is 0 Å². The summed E-state index contributed by atoms with van der Waals surface area (Å²) < 4.78 is 10.5. The molecule has 0 radical (unpaired) electrons. The van der Waals surface area contributed by atoms with Crippen molar-refractivity contribution >= 4 is 35.1 Å². The average molecular weight is 449 g/mol. The van der Waals surface area contributed by atoms with Gasteiger partial charge in [0, 0.05) is 12.2 Å². The van der Waals surface area contributed by atoms with Crippen LogP contribution in [-0.2, 0) is 14.3 Å². The third-order valence-electron chi connectivity index (χ3n) is 4.20. The van der Waals surface area contributed by atoms with Gasteiger partial charge in [0.05, 0.1) is 17.2 Å². The number of rotatable bonds is 8. The van der Waals surface area contributed by atoms with Crippen molar-refractivity contribution in [3.63, 3.8) is 0 Å². The first kappa shape index (κ1) is 24.0. The number of ether oxygens (including phenoxy) is 2. The predicted octanol–water partition coefficient (Wildman–Crippen LogP) is 4.18. The first-order valence-corrected chi connectivity index (χ1v) is 10.2. The summed E-state index contributed by atoms with van der Waals surface area (Å²) in [7, 11) is 0. The molecule has 31 heavy (non-hydrogen) atoms. The molecule has 0 saturated carbocycles. The number of esters is 1. The van der Waals surface area contributed by atoms with Gasteiger partial charge in [0.15, 0.2) is 0 Å². The molecule has 0 aliphatic carbocycles. The normalized spacial score (nSPS) is 10.3. The summed E-state index contributed by atoms with van der Waals surface area (Å²) in [5.41, 5.74) is 0.962. The Bertz CT molecular complexity index is 953. The lowest BCUT2D eigenvalue weighted by Gasteiger charge is -2.14. The van der Waals surface area contributed by atoms with E-state index in [-0.39, 0.29) is 22.9 Å². The molecule has 0 heterocycles. The van der Waals surface area contributed by atoms with Gasteiger partial charge in [0.1, 0.15) is 17.2 Å². The van der Waals surface area contributed by atoms with Gasteiger partial charge in [0.2, 0.25) is 0 Å². The first-order valence-electron chi connectivity index (χ1n) is 9.84. The minimum atomic E-state index is -0.995. The minimum absolute atomic E-state index is 0.0840. The largest absolute Gasteiger partial charge is 0.507 e. The molecule has 2 rings (SSSR count). The van der Waals surface area contributed by atoms with Crippen LogP contribution in [0, 0.1) is 6.92 Å². The number of carbonyl (C=O) groups excluding carboxylic acids is 3. The minimum Gasteiger partial charge on any atom is -0.507 e. The van der Waals surface area contributed by atoms with Crippen molar-refractivity contribution in [2.24, 2.45) is 0 Å². The van der Waals surface area contributed by atoms with Crippen molar-refractivity contribution in [3.8, 4) is 17.2 Å². The molecule has 0 bridgehead atoms. The van der Waals surface area contributed by atoms with Crippen LogP contribution in [0.2, 0.25) is 5.02 Å². The molecular formula is C22H25ClN2O6. The molecule has 0 aliphatic rings. The Hall–Kier alpha value is -3.26. The highest BCUT2D eigenvalue weighted by atomic mass is 35.5. The highest BCUT2D eigenvalue weighted by Crippen LogP contribution is 2.36. The van der Waals surface area contributed by atoms with Crippen LogP contribution in [0.4, 0.5) is 5.69 Å². The average Bonchev–Trinajstić information content (AvgIpc) is 2.72. The lowest BCUT2D eigenvalue weighted by Crippen LogP contribution is -2.25. The molecule has 0 aliphatic heterocycles. The van der Waals surface area contributed by atoms with Crippen LogP contribution in [0.25, 0.3) is 0 Å². The Kier molecular flexibility index (Phi) is 8.69. The van der Waals surface area contributed by atoms with E-state index in [0.29, 0.717) is 29.3 Å². The van der Waals surface area contributed by atoms with Crippen LogP contribution >= 0.6 is 11.6 Å². The summed E-state index contributed by atoms with van der Waals surface area (Å²) in [4.78, 5) is 35.6. The lowest BCUT2D eigenvalue weighted by atomic mass is 10.1. The van der Waals surface area contributed by atoms with Gasteiger partial charge in [-0.15, -0.1) is 0 Å². The molecule has 0 aromatic heterocycles. The lowest BCUT2D eigenvalue weighted by molar-refractivity contribution is -0.152. The third kappa shape index (κ3) is 6.62. The number of amides is 2. The van der Waals surface area contributed by atoms with Gasteiger partial charge in [-0.2, -0.15) is 0 Å². The standard InChI is InChI=1S/C22H25ClN2O6/c1-4-6-9-24-20(27)16-12-15(7-8-18(16)26)31-19-13(3)10-14(11-17(19)23)25-21(28)22(29)30-5-2/h7-8,10-12,26H,4-6,9H2,1-3H3,(H,24,27)(H,25,28). The molecule has 0 unspecified atom stereocenters. The second-order valence-corrected chi connectivity index (χ2v) is 7.08. The zero-order valence-electron chi connectivity index (χ0n) is 17.6. The topological polar surface area (TPSA) is 114 Å². The van der Waals surface area contributed by atoms with Crippen molar-refractivity contribution < 1.29 is 29.0 Å². The number of anilines is 1. The number of phenolic OH excluding ortho intramolecular Hbond substituents is 1. The monoisotopic (exact) mass is 448 g/mol. The van der Waals surface area contributed by atoms with Gasteiger partial charge in [-0.1, -0.05) is 24.9 Å². The Balaban J connectivity index is 2.19. The zero-order chi connectivity index (χ0) is 23.0. The van der Waals surface area contributed by atoms with E-state index in [9.17, 15) is 19.5 Å². The molecule has 2 aromatic carbocycles. The predicted molar refractivity (Wildman–Crippen MR) is 117 cm³/mol. The van der Waals surface area contributed by atoms with Crippen LogP contribution < -0.4 is 15.4 Å². The third-order valence-corrected chi connectivity index (χ3v) is 4.48. The van der Waals surface area contributed by atoms with Crippen molar-refractivity contribution in [1.82, 2.24) is 5.32 Å². The summed E-state index contributed by atoms with van der Waals surface area (Å²) >= 11 is 6.31. The van der Waals surface area contributed by atoms with E-state index in [4.69, 9.17) is 16.3 Å². The van der Waals surface area contributed by atoms with E-state index < -0.39 is 17.8 Å². The van der Waals surface area contributed by atoms with E-state index in [2.05, 4.69) is 15.4 Å². The fourth-order valence-electron chi connectivity index (χ4n) is 2.66. The zero-order valence-corrected chi connectivity index (χ0v) is 18.3. The van der Waals surface area contributed by atoms with Crippen LogP contribution in [0.3, 0.4) is 0 Å². The number of hydrogen-bond acceptors (Lipinski definition) is 6. The maximum atomic E-state index is 12.3. The number of halogens is 1. The molecule has 0 saturated heterocycles. The highest BCUT2D eigenvalue weighted by molar-refractivity contribution is 6.37. The molecule has 0 fully saturated rings. The van der Waals surface area contributed by atoms with Crippen LogP contribution in [0.1, 0.15) is 42.6 Å². The summed E-state index contributed by atoms with van der Waals surface area (Å²) in [5.74, 6) is -1.88. The van der Waals surface area contributed by atoms with Gasteiger partial charge < -0.3 is 25.2 Å². The van der Waals surface area contributed by atoms with E-state index in [0.717, 1.165) is 12.8 Å². The van der Waals surface area contributed by atoms with Gasteiger partial charge in [-0.25, -0.2) is 4.79 Å². The Labute approximate surface area is 185 Å². The maximum Gasteiger partial charge on any atom is 0.397 e. The molecule has 0 spiro atoms. The molecular weight excluding hydrogens is 424 g/mol. The molecule has 2 aromatic rings. The second kappa shape index (κ2) is 11.2. The number of phenols is 1. The van der Waals surface area contributed by atoms with E-state index in [1.807, 2.05) is 6.92 Å².